The maximum absolute atomic E-state index is 11.6. The maximum Gasteiger partial charge on any atom is 0.336 e. The number of carboxylic acid groups (broad SMARTS) is 1. The Hall–Kier alpha value is -3.79. The van der Waals surface area contributed by atoms with Crippen LogP contribution in [0.15, 0.2) is 42.9 Å². The van der Waals surface area contributed by atoms with Crippen molar-refractivity contribution < 1.29 is 19.8 Å². The highest BCUT2D eigenvalue weighted by Gasteiger charge is 2.24. The van der Waals surface area contributed by atoms with Crippen molar-refractivity contribution >= 4 is 23.5 Å². The topological polar surface area (TPSA) is 133 Å². The number of aromatic nitrogens is 4. The molecule has 3 aromatic rings. The van der Waals surface area contributed by atoms with Crippen molar-refractivity contribution in [3.63, 3.8) is 0 Å². The molecule has 0 unspecified atom stereocenters. The number of aliphatic hydroxyl groups excluding tert-OH is 1. The number of carboxylic acids is 1. The van der Waals surface area contributed by atoms with Gasteiger partial charge in [-0.3, -0.25) is 9.48 Å². The Bertz CT molecular complexity index is 1140. The van der Waals surface area contributed by atoms with Gasteiger partial charge in [-0.2, -0.15) is 5.10 Å². The van der Waals surface area contributed by atoms with E-state index >= 15 is 0 Å². The lowest BCUT2D eigenvalue weighted by Gasteiger charge is -2.31. The predicted molar refractivity (Wildman–Crippen MR) is 117 cm³/mol. The van der Waals surface area contributed by atoms with E-state index in [4.69, 9.17) is 5.11 Å². The second-order valence-electron chi connectivity index (χ2n) is 7.68. The van der Waals surface area contributed by atoms with Gasteiger partial charge in [-0.25, -0.2) is 14.8 Å². The Kier molecular flexibility index (Phi) is 6.13. The lowest BCUT2D eigenvalue weighted by Crippen LogP contribution is -2.40. The van der Waals surface area contributed by atoms with E-state index in [9.17, 15) is 14.7 Å². The molecular weight excluding hydrogens is 412 g/mol. The third-order valence-corrected chi connectivity index (χ3v) is 5.57. The number of anilines is 2. The van der Waals surface area contributed by atoms with Crippen molar-refractivity contribution in [1.29, 1.82) is 0 Å². The van der Waals surface area contributed by atoms with E-state index in [1.807, 2.05) is 17.8 Å². The number of hydrogen-bond acceptors (Lipinski definition) is 7. The lowest BCUT2D eigenvalue weighted by atomic mass is 10.0. The quantitative estimate of drug-likeness (QED) is 0.536. The summed E-state index contributed by atoms with van der Waals surface area (Å²) in [5.74, 6) is -0.919. The second-order valence-corrected chi connectivity index (χ2v) is 7.68. The first kappa shape index (κ1) is 21.4. The summed E-state index contributed by atoms with van der Waals surface area (Å²) >= 11 is 0. The van der Waals surface area contributed by atoms with Gasteiger partial charge in [0.25, 0.3) is 0 Å². The number of benzene rings is 1. The first-order valence-corrected chi connectivity index (χ1v) is 10.3. The van der Waals surface area contributed by atoms with Gasteiger partial charge in [0.15, 0.2) is 0 Å². The van der Waals surface area contributed by atoms with Gasteiger partial charge in [-0.1, -0.05) is 18.2 Å². The van der Waals surface area contributed by atoms with Crippen LogP contribution in [0.25, 0.3) is 11.3 Å². The van der Waals surface area contributed by atoms with E-state index in [-0.39, 0.29) is 17.5 Å². The molecule has 32 heavy (non-hydrogen) atoms. The zero-order valence-corrected chi connectivity index (χ0v) is 17.6. The molecule has 10 nitrogen and oxygen atoms in total. The minimum absolute atomic E-state index is 0.158. The van der Waals surface area contributed by atoms with Gasteiger partial charge in [0.1, 0.15) is 6.61 Å². The number of aryl methyl sites for hydroxylation is 1. The summed E-state index contributed by atoms with van der Waals surface area (Å²) < 4.78 is 1.86. The van der Waals surface area contributed by atoms with Crippen LogP contribution >= 0.6 is 0 Å². The Morgan fingerprint density at radius 1 is 1.19 bits per heavy atom. The standard InChI is InChI=1S/C22H24N6O4/c1-14-10-23-22(26-20(14)17-4-2-3-5-18(17)21(31)32)25-15-11-24-28(12-15)16-6-8-27(9-7-16)19(30)13-29/h2-5,10-12,16,29H,6-9,13H2,1H3,(H,31,32)(H,23,25,26). The molecule has 0 bridgehead atoms. The highest BCUT2D eigenvalue weighted by molar-refractivity contribution is 5.95. The molecule has 1 aliphatic heterocycles. The van der Waals surface area contributed by atoms with E-state index < -0.39 is 12.6 Å². The Balaban J connectivity index is 1.50. The van der Waals surface area contributed by atoms with Gasteiger partial charge >= 0.3 is 5.97 Å². The number of carbonyl (C=O) groups excluding carboxylic acids is 1. The van der Waals surface area contributed by atoms with Crippen molar-refractivity contribution in [1.82, 2.24) is 24.6 Å². The molecule has 10 heteroatoms. The molecule has 4 rings (SSSR count). The molecule has 1 fully saturated rings. The molecular formula is C22H24N6O4. The van der Waals surface area contributed by atoms with E-state index in [0.29, 0.717) is 36.0 Å². The van der Waals surface area contributed by atoms with Crippen LogP contribution in [-0.4, -0.2) is 66.4 Å². The van der Waals surface area contributed by atoms with Crippen molar-refractivity contribution in [3.8, 4) is 11.3 Å². The van der Waals surface area contributed by atoms with E-state index in [1.54, 1.807) is 41.6 Å². The zero-order chi connectivity index (χ0) is 22.7. The molecule has 166 valence electrons. The Labute approximate surface area is 184 Å². The maximum atomic E-state index is 11.6. The highest BCUT2D eigenvalue weighted by atomic mass is 16.4. The molecule has 1 amide bonds. The number of carbonyl (C=O) groups is 2. The fourth-order valence-electron chi connectivity index (χ4n) is 3.86. The summed E-state index contributed by atoms with van der Waals surface area (Å²) in [6, 6.07) is 6.90. The Morgan fingerprint density at radius 2 is 1.94 bits per heavy atom. The van der Waals surface area contributed by atoms with Crippen molar-refractivity contribution in [3.05, 3.63) is 54.0 Å². The van der Waals surface area contributed by atoms with Crippen LogP contribution in [-0.2, 0) is 4.79 Å². The zero-order valence-electron chi connectivity index (χ0n) is 17.6. The first-order chi connectivity index (χ1) is 15.5. The summed E-state index contributed by atoms with van der Waals surface area (Å²) in [7, 11) is 0. The number of amides is 1. The molecule has 1 aromatic carbocycles. The van der Waals surface area contributed by atoms with Crippen molar-refractivity contribution in [2.45, 2.75) is 25.8 Å². The van der Waals surface area contributed by atoms with Crippen LogP contribution < -0.4 is 5.32 Å². The third kappa shape index (κ3) is 4.45. The number of piperidine rings is 1. The minimum atomic E-state index is -1.01. The number of nitrogens with zero attached hydrogens (tertiary/aromatic N) is 5. The predicted octanol–water partition coefficient (Wildman–Crippen LogP) is 2.25. The third-order valence-electron chi connectivity index (χ3n) is 5.57. The van der Waals surface area contributed by atoms with Crippen molar-refractivity contribution in [2.24, 2.45) is 0 Å². The Morgan fingerprint density at radius 3 is 2.66 bits per heavy atom. The average molecular weight is 436 g/mol. The normalized spacial score (nSPS) is 14.4. The largest absolute Gasteiger partial charge is 0.478 e. The molecule has 0 spiro atoms. The van der Waals surface area contributed by atoms with Gasteiger partial charge in [-0.15, -0.1) is 0 Å². The monoisotopic (exact) mass is 436 g/mol. The number of hydrogen-bond donors (Lipinski definition) is 3. The number of likely N-dealkylation sites (tertiary alicyclic amines) is 1. The van der Waals surface area contributed by atoms with Crippen LogP contribution in [0.1, 0.15) is 34.8 Å². The van der Waals surface area contributed by atoms with Crippen LogP contribution in [0.2, 0.25) is 0 Å². The first-order valence-electron chi connectivity index (χ1n) is 10.3. The SMILES string of the molecule is Cc1cnc(Nc2cnn(C3CCN(C(=O)CO)CC3)c2)nc1-c1ccccc1C(=O)O. The van der Waals surface area contributed by atoms with Gasteiger partial charge in [-0.05, 0) is 31.4 Å². The summed E-state index contributed by atoms with van der Waals surface area (Å²) in [5, 5.41) is 26.1. The second kappa shape index (κ2) is 9.15. The molecule has 1 aliphatic rings. The highest BCUT2D eigenvalue weighted by Crippen LogP contribution is 2.27. The number of aliphatic hydroxyl groups is 1. The summed E-state index contributed by atoms with van der Waals surface area (Å²) in [5.41, 5.74) is 2.74. The van der Waals surface area contributed by atoms with Gasteiger partial charge in [0.05, 0.1) is 29.2 Å². The molecule has 0 atom stereocenters. The summed E-state index contributed by atoms with van der Waals surface area (Å²) in [6.07, 6.45) is 6.71. The van der Waals surface area contributed by atoms with Crippen molar-refractivity contribution in [2.75, 3.05) is 25.0 Å². The van der Waals surface area contributed by atoms with Crippen LogP contribution in [0, 0.1) is 6.92 Å². The number of rotatable bonds is 6. The molecule has 0 radical (unpaired) electrons. The summed E-state index contributed by atoms with van der Waals surface area (Å²) in [4.78, 5) is 33.8. The lowest BCUT2D eigenvalue weighted by molar-refractivity contribution is -0.135. The number of nitrogens with one attached hydrogen (secondary N) is 1. The van der Waals surface area contributed by atoms with Crippen LogP contribution in [0.5, 0.6) is 0 Å². The molecule has 3 N–H and O–H groups in total. The molecule has 1 saturated heterocycles. The molecule has 3 heterocycles. The van der Waals surface area contributed by atoms with Gasteiger partial charge in [0, 0.05) is 31.0 Å². The molecule has 0 saturated carbocycles. The van der Waals surface area contributed by atoms with Crippen LogP contribution in [0.3, 0.4) is 0 Å². The summed E-state index contributed by atoms with van der Waals surface area (Å²) in [6.45, 7) is 2.54. The van der Waals surface area contributed by atoms with Gasteiger partial charge in [0.2, 0.25) is 11.9 Å². The van der Waals surface area contributed by atoms with E-state index in [2.05, 4.69) is 20.4 Å². The number of aromatic carboxylic acids is 1. The smallest absolute Gasteiger partial charge is 0.336 e. The fourth-order valence-corrected chi connectivity index (χ4v) is 3.86. The minimum Gasteiger partial charge on any atom is -0.478 e. The van der Waals surface area contributed by atoms with Gasteiger partial charge < -0.3 is 20.4 Å². The molecule has 0 aliphatic carbocycles. The van der Waals surface area contributed by atoms with Crippen LogP contribution in [0.4, 0.5) is 11.6 Å². The van der Waals surface area contributed by atoms with E-state index in [0.717, 1.165) is 18.4 Å². The average Bonchev–Trinajstić information content (AvgIpc) is 3.28. The molecule has 2 aromatic heterocycles. The fraction of sp³-hybridized carbons (Fsp3) is 0.318. The van der Waals surface area contributed by atoms with E-state index in [1.165, 1.54) is 0 Å².